The van der Waals surface area contributed by atoms with E-state index in [1.165, 1.54) is 13.8 Å². The van der Waals surface area contributed by atoms with Crippen molar-refractivity contribution in [3.05, 3.63) is 83.5 Å². The van der Waals surface area contributed by atoms with Gasteiger partial charge in [-0.15, -0.1) is 0 Å². The Morgan fingerprint density at radius 1 is 1.00 bits per heavy atom. The smallest absolute Gasteiger partial charge is 0.347 e. The number of anilines is 1. The molecule has 4 rings (SSSR count). The largest absolute Gasteiger partial charge is 0.478 e. The number of aromatic nitrogens is 4. The minimum absolute atomic E-state index is 0.179. The monoisotopic (exact) mass is 529 g/mol. The van der Waals surface area contributed by atoms with Gasteiger partial charge in [-0.2, -0.15) is 4.98 Å². The van der Waals surface area contributed by atoms with Crippen LogP contribution < -0.4 is 9.64 Å². The first kappa shape index (κ1) is 27.8. The van der Waals surface area contributed by atoms with E-state index in [4.69, 9.17) is 9.26 Å². The lowest BCUT2D eigenvalue weighted by Gasteiger charge is -2.23. The summed E-state index contributed by atoms with van der Waals surface area (Å²) in [5, 5.41) is 13.4. The van der Waals surface area contributed by atoms with Gasteiger partial charge in [-0.05, 0) is 55.5 Å². The highest BCUT2D eigenvalue weighted by Crippen LogP contribution is 2.23. The predicted octanol–water partition coefficient (Wildman–Crippen LogP) is 5.70. The van der Waals surface area contributed by atoms with Crippen LogP contribution in [0.3, 0.4) is 0 Å². The SMILES string of the molecule is CCc1cnc(N(CCc2ccc(OC(C)(C)C(=O)O)cc2)Cc2ccc(-c3noc(C(C)C)n3)cc2)nc1. The molecule has 0 saturated heterocycles. The van der Waals surface area contributed by atoms with Crippen LogP contribution in [0.15, 0.2) is 65.4 Å². The number of nitrogens with zero attached hydrogens (tertiary/aromatic N) is 5. The molecule has 0 spiro atoms. The average Bonchev–Trinajstić information content (AvgIpc) is 3.43. The Morgan fingerprint density at radius 2 is 1.64 bits per heavy atom. The van der Waals surface area contributed by atoms with Crippen LogP contribution in [-0.4, -0.2) is 43.3 Å². The van der Waals surface area contributed by atoms with Crippen molar-refractivity contribution in [2.45, 2.75) is 65.5 Å². The molecule has 0 saturated carbocycles. The summed E-state index contributed by atoms with van der Waals surface area (Å²) in [6, 6.07) is 15.6. The summed E-state index contributed by atoms with van der Waals surface area (Å²) in [7, 11) is 0. The van der Waals surface area contributed by atoms with Crippen LogP contribution >= 0.6 is 0 Å². The summed E-state index contributed by atoms with van der Waals surface area (Å²) in [4.78, 5) is 27.2. The van der Waals surface area contributed by atoms with Crippen LogP contribution in [0, 0.1) is 0 Å². The van der Waals surface area contributed by atoms with Crippen molar-refractivity contribution < 1.29 is 19.2 Å². The summed E-state index contributed by atoms with van der Waals surface area (Å²) >= 11 is 0. The minimum Gasteiger partial charge on any atom is -0.478 e. The van der Waals surface area contributed by atoms with Crippen LogP contribution in [0.5, 0.6) is 5.75 Å². The normalized spacial score (nSPS) is 11.5. The number of aliphatic carboxylic acids is 1. The van der Waals surface area contributed by atoms with Gasteiger partial charge >= 0.3 is 5.97 Å². The van der Waals surface area contributed by atoms with E-state index >= 15 is 0 Å². The Bertz CT molecular complexity index is 1360. The Morgan fingerprint density at radius 3 is 2.21 bits per heavy atom. The number of hydrogen-bond acceptors (Lipinski definition) is 8. The zero-order chi connectivity index (χ0) is 28.0. The van der Waals surface area contributed by atoms with E-state index in [9.17, 15) is 9.90 Å². The summed E-state index contributed by atoms with van der Waals surface area (Å²) in [5.41, 5.74) is 2.89. The van der Waals surface area contributed by atoms with Gasteiger partial charge in [0, 0.05) is 37.0 Å². The summed E-state index contributed by atoms with van der Waals surface area (Å²) in [5.74, 6) is 1.56. The molecular formula is C30H35N5O4. The Kier molecular flexibility index (Phi) is 8.59. The van der Waals surface area contributed by atoms with Gasteiger partial charge in [0.1, 0.15) is 5.75 Å². The number of aryl methyl sites for hydroxylation is 1. The molecule has 39 heavy (non-hydrogen) atoms. The molecule has 0 aliphatic carbocycles. The van der Waals surface area contributed by atoms with Gasteiger partial charge in [0.05, 0.1) is 0 Å². The lowest BCUT2D eigenvalue weighted by atomic mass is 10.1. The fourth-order valence-electron chi connectivity index (χ4n) is 3.84. The second-order valence-corrected chi connectivity index (χ2v) is 10.3. The van der Waals surface area contributed by atoms with Crippen LogP contribution in [-0.2, 0) is 24.2 Å². The van der Waals surface area contributed by atoms with E-state index in [1.54, 1.807) is 12.1 Å². The van der Waals surface area contributed by atoms with E-state index in [-0.39, 0.29) is 5.92 Å². The lowest BCUT2D eigenvalue weighted by Crippen LogP contribution is -2.37. The Hall–Kier alpha value is -4.27. The molecular weight excluding hydrogens is 494 g/mol. The third-order valence-electron chi connectivity index (χ3n) is 6.39. The van der Waals surface area contributed by atoms with Crippen molar-refractivity contribution >= 4 is 11.9 Å². The molecule has 0 amide bonds. The van der Waals surface area contributed by atoms with E-state index in [1.807, 2.05) is 50.5 Å². The predicted molar refractivity (Wildman–Crippen MR) is 149 cm³/mol. The number of carboxylic acids is 1. The van der Waals surface area contributed by atoms with Crippen LogP contribution in [0.4, 0.5) is 5.95 Å². The number of ether oxygens (including phenoxy) is 1. The molecule has 1 N–H and O–H groups in total. The van der Waals surface area contributed by atoms with Gasteiger partial charge in [-0.3, -0.25) is 0 Å². The van der Waals surface area contributed by atoms with E-state index in [2.05, 4.69) is 44.1 Å². The van der Waals surface area contributed by atoms with Crippen molar-refractivity contribution in [1.82, 2.24) is 20.1 Å². The summed E-state index contributed by atoms with van der Waals surface area (Å²) < 4.78 is 11.0. The number of rotatable bonds is 12. The molecule has 0 radical (unpaired) electrons. The molecule has 9 nitrogen and oxygen atoms in total. The van der Waals surface area contributed by atoms with Crippen LogP contribution in [0.2, 0.25) is 0 Å². The van der Waals surface area contributed by atoms with Gasteiger partial charge in [-0.1, -0.05) is 62.3 Å². The fourth-order valence-corrected chi connectivity index (χ4v) is 3.84. The maximum Gasteiger partial charge on any atom is 0.347 e. The van der Waals surface area contributed by atoms with Crippen molar-refractivity contribution in [2.75, 3.05) is 11.4 Å². The summed E-state index contributed by atoms with van der Waals surface area (Å²) in [6.45, 7) is 10.5. The second-order valence-electron chi connectivity index (χ2n) is 10.3. The van der Waals surface area contributed by atoms with Gasteiger partial charge in [0.2, 0.25) is 17.7 Å². The fraction of sp³-hybridized carbons (Fsp3) is 0.367. The van der Waals surface area contributed by atoms with Crippen LogP contribution in [0.1, 0.15) is 63.1 Å². The van der Waals surface area contributed by atoms with Gasteiger partial charge in [-0.25, -0.2) is 14.8 Å². The molecule has 0 unspecified atom stereocenters. The maximum absolute atomic E-state index is 11.4. The molecule has 0 bridgehead atoms. The average molecular weight is 530 g/mol. The van der Waals surface area contributed by atoms with Gasteiger partial charge < -0.3 is 19.3 Å². The first-order valence-corrected chi connectivity index (χ1v) is 13.1. The highest BCUT2D eigenvalue weighted by Gasteiger charge is 2.29. The zero-order valence-corrected chi connectivity index (χ0v) is 23.1. The van der Waals surface area contributed by atoms with Crippen molar-refractivity contribution in [3.8, 4) is 17.1 Å². The maximum atomic E-state index is 11.4. The lowest BCUT2D eigenvalue weighted by molar-refractivity contribution is -0.152. The molecule has 0 aliphatic rings. The number of carbonyl (C=O) groups is 1. The van der Waals surface area contributed by atoms with Gasteiger partial charge in [0.25, 0.3) is 0 Å². The van der Waals surface area contributed by atoms with Crippen molar-refractivity contribution in [1.29, 1.82) is 0 Å². The highest BCUT2D eigenvalue weighted by atomic mass is 16.5. The molecule has 2 aromatic heterocycles. The number of carboxylic acid groups (broad SMARTS) is 1. The van der Waals surface area contributed by atoms with E-state index in [0.29, 0.717) is 36.5 Å². The second kappa shape index (κ2) is 12.1. The quantitative estimate of drug-likeness (QED) is 0.247. The van der Waals surface area contributed by atoms with Gasteiger partial charge in [0.15, 0.2) is 5.60 Å². The van der Waals surface area contributed by atoms with E-state index < -0.39 is 11.6 Å². The molecule has 2 heterocycles. The number of hydrogen-bond donors (Lipinski definition) is 1. The summed E-state index contributed by atoms with van der Waals surface area (Å²) in [6.07, 6.45) is 5.37. The molecule has 4 aromatic rings. The standard InChI is InChI=1S/C30H35N5O4/c1-6-21-17-31-29(32-18-21)35(16-15-22-9-13-25(14-10-22)38-30(4,5)28(36)37)19-23-7-11-24(12-8-23)26-33-27(20(2)3)39-34-26/h7-14,17-18,20H,6,15-16,19H2,1-5H3,(H,36,37). The Balaban J connectivity index is 1.47. The highest BCUT2D eigenvalue weighted by molar-refractivity contribution is 5.76. The van der Waals surface area contributed by atoms with Crippen molar-refractivity contribution in [2.24, 2.45) is 0 Å². The minimum atomic E-state index is -1.30. The molecule has 204 valence electrons. The third-order valence-corrected chi connectivity index (χ3v) is 6.39. The molecule has 0 atom stereocenters. The zero-order valence-electron chi connectivity index (χ0n) is 23.1. The first-order valence-electron chi connectivity index (χ1n) is 13.1. The molecule has 2 aromatic carbocycles. The number of benzene rings is 2. The van der Waals surface area contributed by atoms with Crippen molar-refractivity contribution in [3.63, 3.8) is 0 Å². The topological polar surface area (TPSA) is 114 Å². The van der Waals surface area contributed by atoms with E-state index in [0.717, 1.165) is 35.1 Å². The van der Waals surface area contributed by atoms with Crippen LogP contribution in [0.25, 0.3) is 11.4 Å². The Labute approximate surface area is 228 Å². The molecule has 0 fully saturated rings. The molecule has 9 heteroatoms. The molecule has 0 aliphatic heterocycles. The first-order chi connectivity index (χ1) is 18.6. The third kappa shape index (κ3) is 7.19.